The van der Waals surface area contributed by atoms with Gasteiger partial charge in [0.2, 0.25) is 15.9 Å². The number of hydrogen-bond donors (Lipinski definition) is 1. The predicted octanol–water partition coefficient (Wildman–Crippen LogP) is 1.52. The molecule has 1 aromatic rings. The van der Waals surface area contributed by atoms with Crippen LogP contribution in [-0.4, -0.2) is 56.3 Å². The van der Waals surface area contributed by atoms with Gasteiger partial charge in [0.05, 0.1) is 22.6 Å². The highest BCUT2D eigenvalue weighted by Gasteiger charge is 2.39. The number of alkyl halides is 6. The molecule has 0 atom stereocenters. The Bertz CT molecular complexity index is 782. The van der Waals surface area contributed by atoms with E-state index < -0.39 is 44.3 Å². The van der Waals surface area contributed by atoms with Gasteiger partial charge in [0.15, 0.2) is 0 Å². The Kier molecular flexibility index (Phi) is 5.78. The number of carbonyl (C=O) groups excluding carboxylic acids is 1. The predicted molar refractivity (Wildman–Crippen MR) is 80.8 cm³/mol. The Balaban J connectivity index is 2.37. The largest absolute Gasteiger partial charge is 0.416 e. The van der Waals surface area contributed by atoms with Gasteiger partial charge >= 0.3 is 12.4 Å². The molecule has 1 aliphatic heterocycles. The highest BCUT2D eigenvalue weighted by Crippen LogP contribution is 2.37. The lowest BCUT2D eigenvalue weighted by molar-refractivity contribution is -0.143. The molecule has 1 amide bonds. The summed E-state index contributed by atoms with van der Waals surface area (Å²) in [5.74, 6) is -0.640. The van der Waals surface area contributed by atoms with Crippen molar-refractivity contribution in [3.63, 3.8) is 0 Å². The fourth-order valence-electron chi connectivity index (χ4n) is 2.57. The van der Waals surface area contributed by atoms with E-state index in [4.69, 9.17) is 5.73 Å². The minimum Gasteiger partial charge on any atom is -0.369 e. The molecule has 0 aliphatic carbocycles. The molecule has 0 spiro atoms. The van der Waals surface area contributed by atoms with Crippen LogP contribution < -0.4 is 5.73 Å². The lowest BCUT2D eigenvalue weighted by Gasteiger charge is -2.33. The summed E-state index contributed by atoms with van der Waals surface area (Å²) in [6.07, 6.45) is -10.3. The normalized spacial score (nSPS) is 17.9. The molecule has 152 valence electrons. The van der Waals surface area contributed by atoms with Crippen molar-refractivity contribution in [1.29, 1.82) is 0 Å². The van der Waals surface area contributed by atoms with E-state index in [1.165, 1.54) is 4.90 Å². The number of sulfonamides is 1. The number of nitrogens with zero attached hydrogens (tertiary/aromatic N) is 2. The van der Waals surface area contributed by atoms with E-state index in [0.29, 0.717) is 0 Å². The number of benzene rings is 1. The van der Waals surface area contributed by atoms with Crippen molar-refractivity contribution >= 4 is 15.9 Å². The van der Waals surface area contributed by atoms with Crippen LogP contribution in [0.3, 0.4) is 0 Å². The average molecular weight is 419 g/mol. The summed E-state index contributed by atoms with van der Waals surface area (Å²) in [4.78, 5) is 11.3. The number of amides is 1. The molecule has 13 heteroatoms. The van der Waals surface area contributed by atoms with Crippen LogP contribution in [0.25, 0.3) is 0 Å². The molecule has 1 fully saturated rings. The van der Waals surface area contributed by atoms with Gasteiger partial charge in [-0.3, -0.25) is 9.69 Å². The summed E-state index contributed by atoms with van der Waals surface area (Å²) in [5.41, 5.74) is 1.61. The zero-order valence-electron chi connectivity index (χ0n) is 13.6. The fraction of sp³-hybridized carbons (Fsp3) is 0.500. The van der Waals surface area contributed by atoms with Crippen LogP contribution in [0.15, 0.2) is 23.1 Å². The SMILES string of the molecule is NC(=O)CN1CCN(S(=O)(=O)c2cc(C(F)(F)F)cc(C(F)(F)F)c2)CC1. The van der Waals surface area contributed by atoms with Crippen molar-refractivity contribution < 1.29 is 39.6 Å². The van der Waals surface area contributed by atoms with Crippen LogP contribution in [-0.2, 0) is 27.2 Å². The first kappa shape index (κ1) is 21.4. The third kappa shape index (κ3) is 5.11. The van der Waals surface area contributed by atoms with Gasteiger partial charge in [-0.15, -0.1) is 0 Å². The summed E-state index contributed by atoms with van der Waals surface area (Å²) >= 11 is 0. The zero-order valence-corrected chi connectivity index (χ0v) is 14.5. The van der Waals surface area contributed by atoms with Gasteiger partial charge in [0, 0.05) is 26.2 Å². The summed E-state index contributed by atoms with van der Waals surface area (Å²) in [6.45, 7) is -0.406. The Morgan fingerprint density at radius 3 is 1.74 bits per heavy atom. The van der Waals surface area contributed by atoms with Crippen molar-refractivity contribution in [1.82, 2.24) is 9.21 Å². The van der Waals surface area contributed by atoms with E-state index in [1.54, 1.807) is 0 Å². The maximum absolute atomic E-state index is 12.9. The van der Waals surface area contributed by atoms with Gasteiger partial charge in [0.25, 0.3) is 0 Å². The fourth-order valence-corrected chi connectivity index (χ4v) is 4.07. The topological polar surface area (TPSA) is 83.7 Å². The van der Waals surface area contributed by atoms with Gasteiger partial charge in [-0.2, -0.15) is 30.6 Å². The molecule has 0 unspecified atom stereocenters. The van der Waals surface area contributed by atoms with Gasteiger partial charge in [-0.1, -0.05) is 0 Å². The van der Waals surface area contributed by atoms with Gasteiger partial charge in [-0.05, 0) is 18.2 Å². The summed E-state index contributed by atoms with van der Waals surface area (Å²) < 4.78 is 103. The molecular formula is C14H15F6N3O3S. The number of nitrogens with two attached hydrogens (primary N) is 1. The molecule has 1 aliphatic rings. The second-order valence-electron chi connectivity index (χ2n) is 5.89. The van der Waals surface area contributed by atoms with Crippen molar-refractivity contribution in [2.75, 3.05) is 32.7 Å². The van der Waals surface area contributed by atoms with E-state index in [2.05, 4.69) is 0 Å². The second-order valence-corrected chi connectivity index (χ2v) is 7.83. The number of piperazine rings is 1. The Morgan fingerprint density at radius 1 is 0.926 bits per heavy atom. The highest BCUT2D eigenvalue weighted by atomic mass is 32.2. The third-order valence-corrected chi connectivity index (χ3v) is 5.79. The van der Waals surface area contributed by atoms with E-state index in [-0.39, 0.29) is 50.9 Å². The van der Waals surface area contributed by atoms with Crippen molar-refractivity contribution in [3.8, 4) is 0 Å². The zero-order chi connectivity index (χ0) is 20.6. The second kappa shape index (κ2) is 7.28. The van der Waals surface area contributed by atoms with Crippen LogP contribution in [0.1, 0.15) is 11.1 Å². The van der Waals surface area contributed by atoms with Crippen molar-refractivity contribution in [2.45, 2.75) is 17.2 Å². The molecule has 1 aromatic carbocycles. The lowest BCUT2D eigenvalue weighted by Crippen LogP contribution is -2.50. The monoisotopic (exact) mass is 419 g/mol. The van der Waals surface area contributed by atoms with Crippen LogP contribution in [0, 0.1) is 0 Å². The average Bonchev–Trinajstić information content (AvgIpc) is 2.52. The molecule has 0 aromatic heterocycles. The Morgan fingerprint density at radius 2 is 1.37 bits per heavy atom. The van der Waals surface area contributed by atoms with Crippen LogP contribution in [0.5, 0.6) is 0 Å². The molecule has 2 rings (SSSR count). The number of halogens is 6. The number of rotatable bonds is 4. The standard InChI is InChI=1S/C14H15F6N3O3S/c15-13(16,17)9-5-10(14(18,19)20)7-11(6-9)27(25,26)23-3-1-22(2-4-23)8-12(21)24/h5-7H,1-4,8H2,(H2,21,24). The first-order valence-electron chi connectivity index (χ1n) is 7.51. The molecule has 0 saturated carbocycles. The number of carbonyl (C=O) groups is 1. The van der Waals surface area contributed by atoms with Crippen LogP contribution >= 0.6 is 0 Å². The van der Waals surface area contributed by atoms with Crippen LogP contribution in [0.4, 0.5) is 26.3 Å². The quantitative estimate of drug-likeness (QED) is 0.751. The molecule has 1 heterocycles. The van der Waals surface area contributed by atoms with E-state index in [9.17, 15) is 39.6 Å². The minimum atomic E-state index is -5.15. The smallest absolute Gasteiger partial charge is 0.369 e. The maximum atomic E-state index is 12.9. The van der Waals surface area contributed by atoms with Gasteiger partial charge in [-0.25, -0.2) is 8.42 Å². The molecule has 27 heavy (non-hydrogen) atoms. The summed E-state index contributed by atoms with van der Waals surface area (Å²) in [5, 5.41) is 0. The molecular weight excluding hydrogens is 404 g/mol. The summed E-state index contributed by atoms with van der Waals surface area (Å²) in [6, 6.07) is 0.227. The van der Waals surface area contributed by atoms with Crippen molar-refractivity contribution in [2.24, 2.45) is 5.73 Å². The van der Waals surface area contributed by atoms with Gasteiger partial charge < -0.3 is 5.73 Å². The Labute approximate surface area is 150 Å². The first-order valence-corrected chi connectivity index (χ1v) is 8.95. The van der Waals surface area contributed by atoms with E-state index >= 15 is 0 Å². The van der Waals surface area contributed by atoms with E-state index in [0.717, 1.165) is 4.31 Å². The van der Waals surface area contributed by atoms with Crippen molar-refractivity contribution in [3.05, 3.63) is 29.3 Å². The molecule has 2 N–H and O–H groups in total. The van der Waals surface area contributed by atoms with Gasteiger partial charge in [0.1, 0.15) is 0 Å². The number of hydrogen-bond acceptors (Lipinski definition) is 4. The molecule has 1 saturated heterocycles. The number of primary amides is 1. The maximum Gasteiger partial charge on any atom is 0.416 e. The minimum absolute atomic E-state index is 0.0628. The molecule has 0 bridgehead atoms. The van der Waals surface area contributed by atoms with E-state index in [1.807, 2.05) is 0 Å². The third-order valence-electron chi connectivity index (χ3n) is 3.91. The molecule has 0 radical (unpaired) electrons. The first-order chi connectivity index (χ1) is 12.2. The van der Waals surface area contributed by atoms with Crippen LogP contribution in [0.2, 0.25) is 0 Å². The molecule has 6 nitrogen and oxygen atoms in total. The lowest BCUT2D eigenvalue weighted by atomic mass is 10.1. The summed E-state index contributed by atoms with van der Waals surface area (Å²) in [7, 11) is -4.59. The highest BCUT2D eigenvalue weighted by molar-refractivity contribution is 7.89. The Hall–Kier alpha value is -1.86.